The van der Waals surface area contributed by atoms with Gasteiger partial charge in [0.2, 0.25) is 5.91 Å². The van der Waals surface area contributed by atoms with Crippen molar-refractivity contribution < 1.29 is 4.79 Å². The molecule has 12 heavy (non-hydrogen) atoms. The third-order valence-corrected chi connectivity index (χ3v) is 2.26. The number of amides is 1. The van der Waals surface area contributed by atoms with Crippen LogP contribution in [0.25, 0.3) is 0 Å². The van der Waals surface area contributed by atoms with Gasteiger partial charge in [-0.2, -0.15) is 0 Å². The number of nitrogens with one attached hydrogen (secondary N) is 2. The minimum absolute atomic E-state index is 0.224. The van der Waals surface area contributed by atoms with Crippen molar-refractivity contribution in [2.24, 2.45) is 5.92 Å². The average molecular weight is 170 g/mol. The topological polar surface area (TPSA) is 41.1 Å². The van der Waals surface area contributed by atoms with Gasteiger partial charge >= 0.3 is 0 Å². The van der Waals surface area contributed by atoms with Crippen LogP contribution in [0.3, 0.4) is 0 Å². The van der Waals surface area contributed by atoms with Crippen molar-refractivity contribution in [3.63, 3.8) is 0 Å². The molecule has 1 saturated heterocycles. The Morgan fingerprint density at radius 1 is 1.67 bits per heavy atom. The Morgan fingerprint density at radius 3 is 3.08 bits per heavy atom. The normalized spacial score (nSPS) is 22.6. The van der Waals surface area contributed by atoms with Gasteiger partial charge in [-0.3, -0.25) is 4.79 Å². The van der Waals surface area contributed by atoms with Crippen LogP contribution in [0, 0.1) is 5.92 Å². The zero-order valence-corrected chi connectivity index (χ0v) is 7.73. The fraction of sp³-hybridized carbons (Fsp3) is 0.889. The van der Waals surface area contributed by atoms with Crippen molar-refractivity contribution in [2.75, 3.05) is 19.6 Å². The smallest absolute Gasteiger partial charge is 0.224 e. The molecule has 0 aromatic heterocycles. The van der Waals surface area contributed by atoms with E-state index in [-0.39, 0.29) is 11.8 Å². The molecule has 0 aliphatic carbocycles. The summed E-state index contributed by atoms with van der Waals surface area (Å²) in [6, 6.07) is 0. The number of carbonyl (C=O) groups is 1. The summed E-state index contributed by atoms with van der Waals surface area (Å²) in [5, 5.41) is 6.13. The van der Waals surface area contributed by atoms with Crippen LogP contribution in [0.15, 0.2) is 0 Å². The summed E-state index contributed by atoms with van der Waals surface area (Å²) < 4.78 is 0. The van der Waals surface area contributed by atoms with E-state index >= 15 is 0 Å². The second-order valence-electron chi connectivity index (χ2n) is 3.33. The maximum atomic E-state index is 11.4. The molecule has 0 bridgehead atoms. The fourth-order valence-corrected chi connectivity index (χ4v) is 1.41. The van der Waals surface area contributed by atoms with Gasteiger partial charge < -0.3 is 10.6 Å². The standard InChI is InChI=1S/C9H18N2O/c1-2-3-5-11-9(12)8-4-6-10-7-8/h8,10H,2-7H2,1H3,(H,11,12). The molecule has 0 aromatic carbocycles. The Balaban J connectivity index is 2.10. The number of hydrogen-bond acceptors (Lipinski definition) is 2. The lowest BCUT2D eigenvalue weighted by atomic mass is 10.1. The van der Waals surface area contributed by atoms with E-state index in [0.717, 1.165) is 38.9 Å². The molecule has 1 aliphatic heterocycles. The van der Waals surface area contributed by atoms with Gasteiger partial charge in [0.15, 0.2) is 0 Å². The highest BCUT2D eigenvalue weighted by Crippen LogP contribution is 2.06. The summed E-state index contributed by atoms with van der Waals surface area (Å²) in [7, 11) is 0. The third kappa shape index (κ3) is 2.81. The molecule has 3 heteroatoms. The molecule has 70 valence electrons. The summed E-state index contributed by atoms with van der Waals surface area (Å²) in [4.78, 5) is 11.4. The van der Waals surface area contributed by atoms with E-state index < -0.39 is 0 Å². The van der Waals surface area contributed by atoms with E-state index in [1.807, 2.05) is 0 Å². The highest BCUT2D eigenvalue weighted by molar-refractivity contribution is 5.79. The molecule has 0 aromatic rings. The van der Waals surface area contributed by atoms with Crippen molar-refractivity contribution in [1.82, 2.24) is 10.6 Å². The predicted molar refractivity (Wildman–Crippen MR) is 48.9 cm³/mol. The van der Waals surface area contributed by atoms with E-state index in [1.54, 1.807) is 0 Å². The molecule has 1 unspecified atom stereocenters. The van der Waals surface area contributed by atoms with Crippen LogP contribution in [-0.4, -0.2) is 25.5 Å². The van der Waals surface area contributed by atoms with Gasteiger partial charge in [-0.1, -0.05) is 13.3 Å². The maximum absolute atomic E-state index is 11.4. The van der Waals surface area contributed by atoms with Gasteiger partial charge in [-0.05, 0) is 19.4 Å². The number of unbranched alkanes of at least 4 members (excludes halogenated alkanes) is 1. The van der Waals surface area contributed by atoms with Gasteiger partial charge in [0.1, 0.15) is 0 Å². The Kier molecular flexibility index (Phi) is 4.08. The quantitative estimate of drug-likeness (QED) is 0.604. The first kappa shape index (κ1) is 9.52. The Bertz CT molecular complexity index is 141. The number of hydrogen-bond donors (Lipinski definition) is 2. The molecule has 0 saturated carbocycles. The second kappa shape index (κ2) is 5.14. The largest absolute Gasteiger partial charge is 0.356 e. The summed E-state index contributed by atoms with van der Waals surface area (Å²) in [5.41, 5.74) is 0. The van der Waals surface area contributed by atoms with E-state index in [2.05, 4.69) is 17.6 Å². The molecule has 1 fully saturated rings. The molecule has 1 aliphatic rings. The van der Waals surface area contributed by atoms with Gasteiger partial charge in [-0.25, -0.2) is 0 Å². The Hall–Kier alpha value is -0.570. The summed E-state index contributed by atoms with van der Waals surface area (Å²) >= 11 is 0. The minimum atomic E-state index is 0.224. The first-order valence-electron chi connectivity index (χ1n) is 4.83. The molecular formula is C9H18N2O. The summed E-state index contributed by atoms with van der Waals surface area (Å²) in [6.07, 6.45) is 3.23. The molecule has 1 rings (SSSR count). The average Bonchev–Trinajstić information content (AvgIpc) is 2.56. The van der Waals surface area contributed by atoms with Gasteiger partial charge in [0.05, 0.1) is 5.92 Å². The molecule has 1 amide bonds. The van der Waals surface area contributed by atoms with Crippen LogP contribution in [0.2, 0.25) is 0 Å². The first-order chi connectivity index (χ1) is 5.84. The molecule has 2 N–H and O–H groups in total. The lowest BCUT2D eigenvalue weighted by Gasteiger charge is -2.08. The highest BCUT2D eigenvalue weighted by atomic mass is 16.1. The highest BCUT2D eigenvalue weighted by Gasteiger charge is 2.21. The number of carbonyl (C=O) groups excluding carboxylic acids is 1. The summed E-state index contributed by atoms with van der Waals surface area (Å²) in [6.45, 7) is 4.82. The van der Waals surface area contributed by atoms with Crippen LogP contribution in [0.1, 0.15) is 26.2 Å². The SMILES string of the molecule is CCCCNC(=O)C1CCNC1. The van der Waals surface area contributed by atoms with E-state index in [0.29, 0.717) is 0 Å². The lowest BCUT2D eigenvalue weighted by Crippen LogP contribution is -2.32. The van der Waals surface area contributed by atoms with E-state index in [4.69, 9.17) is 0 Å². The second-order valence-corrected chi connectivity index (χ2v) is 3.33. The van der Waals surface area contributed by atoms with Gasteiger partial charge in [-0.15, -0.1) is 0 Å². The Labute approximate surface area is 73.9 Å². The molecular weight excluding hydrogens is 152 g/mol. The Morgan fingerprint density at radius 2 is 2.50 bits per heavy atom. The molecule has 0 spiro atoms. The zero-order valence-electron chi connectivity index (χ0n) is 7.73. The minimum Gasteiger partial charge on any atom is -0.356 e. The molecule has 1 atom stereocenters. The zero-order chi connectivity index (χ0) is 8.81. The van der Waals surface area contributed by atoms with Crippen LogP contribution < -0.4 is 10.6 Å². The van der Waals surface area contributed by atoms with Crippen LogP contribution >= 0.6 is 0 Å². The van der Waals surface area contributed by atoms with Crippen LogP contribution in [0.5, 0.6) is 0 Å². The fourth-order valence-electron chi connectivity index (χ4n) is 1.41. The van der Waals surface area contributed by atoms with Crippen LogP contribution in [0.4, 0.5) is 0 Å². The first-order valence-corrected chi connectivity index (χ1v) is 4.83. The van der Waals surface area contributed by atoms with Crippen molar-refractivity contribution in [2.45, 2.75) is 26.2 Å². The van der Waals surface area contributed by atoms with E-state index in [9.17, 15) is 4.79 Å². The van der Waals surface area contributed by atoms with Crippen molar-refractivity contribution in [3.8, 4) is 0 Å². The van der Waals surface area contributed by atoms with E-state index in [1.165, 1.54) is 0 Å². The molecule has 3 nitrogen and oxygen atoms in total. The van der Waals surface area contributed by atoms with Crippen LogP contribution in [-0.2, 0) is 4.79 Å². The number of rotatable bonds is 4. The third-order valence-electron chi connectivity index (χ3n) is 2.26. The van der Waals surface area contributed by atoms with Crippen molar-refractivity contribution in [1.29, 1.82) is 0 Å². The maximum Gasteiger partial charge on any atom is 0.224 e. The van der Waals surface area contributed by atoms with Crippen molar-refractivity contribution in [3.05, 3.63) is 0 Å². The molecule has 0 radical (unpaired) electrons. The summed E-state index contributed by atoms with van der Waals surface area (Å²) in [5.74, 6) is 0.454. The van der Waals surface area contributed by atoms with Gasteiger partial charge in [0.25, 0.3) is 0 Å². The predicted octanol–water partition coefficient (Wildman–Crippen LogP) is 0.512. The lowest BCUT2D eigenvalue weighted by molar-refractivity contribution is -0.124. The monoisotopic (exact) mass is 170 g/mol. The molecule has 1 heterocycles. The van der Waals surface area contributed by atoms with Crippen molar-refractivity contribution >= 4 is 5.91 Å². The van der Waals surface area contributed by atoms with Gasteiger partial charge in [0, 0.05) is 13.1 Å².